The maximum atomic E-state index is 9.26. The van der Waals surface area contributed by atoms with Crippen LogP contribution in [-0.2, 0) is 6.54 Å². The summed E-state index contributed by atoms with van der Waals surface area (Å²) in [6.07, 6.45) is 1.10. The highest BCUT2D eigenvalue weighted by molar-refractivity contribution is 5.60. The molecule has 1 aromatic carbocycles. The molecule has 0 heterocycles. The number of rotatable bonds is 7. The van der Waals surface area contributed by atoms with Crippen molar-refractivity contribution in [2.24, 2.45) is 0 Å². The van der Waals surface area contributed by atoms with Gasteiger partial charge in [0.05, 0.1) is 17.9 Å². The quantitative estimate of drug-likeness (QED) is 0.736. The van der Waals surface area contributed by atoms with Crippen molar-refractivity contribution in [2.75, 3.05) is 25.1 Å². The minimum Gasteiger partial charge on any atom is -0.394 e. The third-order valence-electron chi connectivity index (χ3n) is 3.24. The Morgan fingerprint density at radius 1 is 1.47 bits per heavy atom. The first-order valence-corrected chi connectivity index (χ1v) is 6.71. The van der Waals surface area contributed by atoms with Gasteiger partial charge in [0.15, 0.2) is 0 Å². The van der Waals surface area contributed by atoms with Crippen LogP contribution in [0.25, 0.3) is 0 Å². The topological polar surface area (TPSA) is 59.3 Å². The molecule has 0 aromatic heterocycles. The van der Waals surface area contributed by atoms with E-state index in [1.54, 1.807) is 0 Å². The second-order valence-electron chi connectivity index (χ2n) is 4.78. The van der Waals surface area contributed by atoms with E-state index in [4.69, 9.17) is 0 Å². The summed E-state index contributed by atoms with van der Waals surface area (Å²) in [6, 6.07) is 8.13. The van der Waals surface area contributed by atoms with E-state index < -0.39 is 0 Å². The van der Waals surface area contributed by atoms with Crippen LogP contribution in [0.15, 0.2) is 18.2 Å². The van der Waals surface area contributed by atoms with Crippen molar-refractivity contribution in [1.29, 1.82) is 5.26 Å². The molecular weight excluding hydrogens is 238 g/mol. The van der Waals surface area contributed by atoms with Gasteiger partial charge in [-0.2, -0.15) is 5.26 Å². The van der Waals surface area contributed by atoms with E-state index in [1.165, 1.54) is 0 Å². The normalized spacial score (nSPS) is 11.9. The molecule has 0 aliphatic heterocycles. The first-order chi connectivity index (χ1) is 9.13. The third-order valence-corrected chi connectivity index (χ3v) is 3.24. The highest BCUT2D eigenvalue weighted by atomic mass is 16.3. The average Bonchev–Trinajstić information content (AvgIpc) is 2.45. The molecule has 1 rings (SSSR count). The SMILES string of the molecule is CCCNCc1ccc(N(C)C(C)CO)c(C#N)c1. The lowest BCUT2D eigenvalue weighted by molar-refractivity contribution is 0.270. The number of likely N-dealkylation sites (N-methyl/N-ethyl adjacent to an activating group) is 1. The van der Waals surface area contributed by atoms with Gasteiger partial charge < -0.3 is 15.3 Å². The Bertz CT molecular complexity index is 440. The molecule has 1 unspecified atom stereocenters. The van der Waals surface area contributed by atoms with E-state index in [-0.39, 0.29) is 12.6 Å². The zero-order valence-corrected chi connectivity index (χ0v) is 12.0. The summed E-state index contributed by atoms with van der Waals surface area (Å²) in [4.78, 5) is 1.93. The smallest absolute Gasteiger partial charge is 0.101 e. The Labute approximate surface area is 115 Å². The van der Waals surface area contributed by atoms with Gasteiger partial charge in [-0.25, -0.2) is 0 Å². The standard InChI is InChI=1S/C15H23N3O/c1-4-7-17-10-13-5-6-15(14(8-13)9-16)18(3)12(2)11-19/h5-6,8,12,17,19H,4,7,10-11H2,1-3H3. The van der Waals surface area contributed by atoms with Crippen molar-refractivity contribution in [3.05, 3.63) is 29.3 Å². The molecule has 19 heavy (non-hydrogen) atoms. The van der Waals surface area contributed by atoms with Crippen LogP contribution in [0.4, 0.5) is 5.69 Å². The van der Waals surface area contributed by atoms with Gasteiger partial charge in [-0.05, 0) is 37.6 Å². The van der Waals surface area contributed by atoms with Crippen molar-refractivity contribution >= 4 is 5.69 Å². The molecule has 0 aliphatic rings. The molecule has 1 atom stereocenters. The molecule has 104 valence electrons. The first kappa shape index (κ1) is 15.5. The Kier molecular flexibility index (Phi) is 6.34. The monoisotopic (exact) mass is 261 g/mol. The van der Waals surface area contributed by atoms with Crippen LogP contribution < -0.4 is 10.2 Å². The Hall–Kier alpha value is -1.57. The van der Waals surface area contributed by atoms with Crippen LogP contribution in [0.3, 0.4) is 0 Å². The molecule has 0 saturated carbocycles. The van der Waals surface area contributed by atoms with Crippen LogP contribution in [-0.4, -0.2) is 31.3 Å². The minimum atomic E-state index is -0.00355. The van der Waals surface area contributed by atoms with E-state index in [9.17, 15) is 10.4 Å². The number of aliphatic hydroxyl groups is 1. The van der Waals surface area contributed by atoms with E-state index in [0.29, 0.717) is 5.56 Å². The van der Waals surface area contributed by atoms with Gasteiger partial charge in [0.2, 0.25) is 0 Å². The molecule has 4 nitrogen and oxygen atoms in total. The summed E-state index contributed by atoms with van der Waals surface area (Å²) in [5, 5.41) is 21.8. The van der Waals surface area contributed by atoms with E-state index in [2.05, 4.69) is 18.3 Å². The van der Waals surface area contributed by atoms with Gasteiger partial charge in [-0.3, -0.25) is 0 Å². The number of anilines is 1. The van der Waals surface area contributed by atoms with E-state index >= 15 is 0 Å². The first-order valence-electron chi connectivity index (χ1n) is 6.71. The number of hydrogen-bond donors (Lipinski definition) is 2. The van der Waals surface area contributed by atoms with Crippen molar-refractivity contribution in [2.45, 2.75) is 32.9 Å². The molecule has 0 bridgehead atoms. The molecule has 0 aliphatic carbocycles. The Morgan fingerprint density at radius 2 is 2.21 bits per heavy atom. The maximum absolute atomic E-state index is 9.26. The highest BCUT2D eigenvalue weighted by Gasteiger charge is 2.13. The number of nitrogens with one attached hydrogen (secondary N) is 1. The summed E-state index contributed by atoms with van der Waals surface area (Å²) in [6.45, 7) is 5.88. The molecule has 0 radical (unpaired) electrons. The van der Waals surface area contributed by atoms with Gasteiger partial charge in [-0.15, -0.1) is 0 Å². The lowest BCUT2D eigenvalue weighted by Gasteiger charge is -2.26. The fourth-order valence-corrected chi connectivity index (χ4v) is 1.86. The molecule has 0 spiro atoms. The summed E-state index contributed by atoms with van der Waals surface area (Å²) in [5.74, 6) is 0. The maximum Gasteiger partial charge on any atom is 0.101 e. The third kappa shape index (κ3) is 4.23. The predicted octanol–water partition coefficient (Wildman–Crippen LogP) is 1.87. The van der Waals surface area contributed by atoms with E-state index in [0.717, 1.165) is 30.8 Å². The average molecular weight is 261 g/mol. The summed E-state index contributed by atoms with van der Waals surface area (Å²) in [5.41, 5.74) is 2.63. The zero-order chi connectivity index (χ0) is 14.3. The minimum absolute atomic E-state index is 0.00355. The van der Waals surface area contributed by atoms with Crippen molar-refractivity contribution in [3.63, 3.8) is 0 Å². The van der Waals surface area contributed by atoms with Gasteiger partial charge in [0.25, 0.3) is 0 Å². The number of hydrogen-bond acceptors (Lipinski definition) is 4. The second kappa shape index (κ2) is 7.78. The Balaban J connectivity index is 2.88. The van der Waals surface area contributed by atoms with Gasteiger partial charge in [-0.1, -0.05) is 13.0 Å². The molecule has 4 heteroatoms. The molecule has 0 saturated heterocycles. The second-order valence-corrected chi connectivity index (χ2v) is 4.78. The summed E-state index contributed by atoms with van der Waals surface area (Å²) in [7, 11) is 1.89. The molecule has 0 fully saturated rings. The number of aliphatic hydroxyl groups excluding tert-OH is 1. The summed E-state index contributed by atoms with van der Waals surface area (Å²) >= 11 is 0. The highest BCUT2D eigenvalue weighted by Crippen LogP contribution is 2.22. The van der Waals surface area contributed by atoms with Crippen LogP contribution >= 0.6 is 0 Å². The van der Waals surface area contributed by atoms with Crippen LogP contribution in [0, 0.1) is 11.3 Å². The van der Waals surface area contributed by atoms with Gasteiger partial charge in [0, 0.05) is 19.6 Å². The molecule has 2 N–H and O–H groups in total. The molecular formula is C15H23N3O. The fraction of sp³-hybridized carbons (Fsp3) is 0.533. The fourth-order valence-electron chi connectivity index (χ4n) is 1.86. The van der Waals surface area contributed by atoms with Crippen molar-refractivity contribution < 1.29 is 5.11 Å². The Morgan fingerprint density at radius 3 is 2.79 bits per heavy atom. The van der Waals surface area contributed by atoms with Crippen molar-refractivity contribution in [1.82, 2.24) is 5.32 Å². The zero-order valence-electron chi connectivity index (χ0n) is 12.0. The number of nitrogens with zero attached hydrogens (tertiary/aromatic N) is 2. The van der Waals surface area contributed by atoms with Crippen LogP contribution in [0.2, 0.25) is 0 Å². The van der Waals surface area contributed by atoms with Crippen LogP contribution in [0.5, 0.6) is 0 Å². The lowest BCUT2D eigenvalue weighted by Crippen LogP contribution is -2.32. The van der Waals surface area contributed by atoms with E-state index in [1.807, 2.05) is 37.1 Å². The van der Waals surface area contributed by atoms with Gasteiger partial charge >= 0.3 is 0 Å². The summed E-state index contributed by atoms with van der Waals surface area (Å²) < 4.78 is 0. The largest absolute Gasteiger partial charge is 0.394 e. The number of nitriles is 1. The van der Waals surface area contributed by atoms with Crippen LogP contribution in [0.1, 0.15) is 31.4 Å². The molecule has 1 aromatic rings. The van der Waals surface area contributed by atoms with Crippen molar-refractivity contribution in [3.8, 4) is 6.07 Å². The van der Waals surface area contributed by atoms with Gasteiger partial charge in [0.1, 0.15) is 6.07 Å². The molecule has 0 amide bonds. The number of benzene rings is 1. The predicted molar refractivity (Wildman–Crippen MR) is 78.1 cm³/mol. The lowest BCUT2D eigenvalue weighted by atomic mass is 10.1.